The molecule has 1 saturated heterocycles. The van der Waals surface area contributed by atoms with Crippen molar-refractivity contribution in [3.05, 3.63) is 81.0 Å². The fourth-order valence-corrected chi connectivity index (χ4v) is 9.28. The number of ether oxygens (including phenoxy) is 1. The van der Waals surface area contributed by atoms with E-state index < -0.39 is 10.0 Å². The van der Waals surface area contributed by atoms with Gasteiger partial charge in [0, 0.05) is 36.3 Å². The lowest BCUT2D eigenvalue weighted by atomic mass is 9.69. The minimum atomic E-state index is -3.85. The number of nitrogens with one attached hydrogen (secondary N) is 3. The maximum atomic E-state index is 13.6. The van der Waals surface area contributed by atoms with Crippen LogP contribution in [0.5, 0.6) is 5.75 Å². The molecule has 3 aliphatic carbocycles. The average molecular weight is 659 g/mol. The van der Waals surface area contributed by atoms with Crippen LogP contribution in [0.2, 0.25) is 0 Å². The highest BCUT2D eigenvalue weighted by atomic mass is 32.2. The van der Waals surface area contributed by atoms with Crippen molar-refractivity contribution in [3.8, 4) is 5.75 Å². The third-order valence-corrected chi connectivity index (χ3v) is 12.2. The summed E-state index contributed by atoms with van der Waals surface area (Å²) in [5.74, 6) is 1.40. The zero-order valence-electron chi connectivity index (χ0n) is 29.0. The van der Waals surface area contributed by atoms with E-state index in [1.54, 1.807) is 11.6 Å². The van der Waals surface area contributed by atoms with Gasteiger partial charge in [0.25, 0.3) is 0 Å². The van der Waals surface area contributed by atoms with Crippen LogP contribution >= 0.6 is 0 Å². The first-order valence-electron chi connectivity index (χ1n) is 17.7. The summed E-state index contributed by atoms with van der Waals surface area (Å²) >= 11 is 0. The molecular formula is C39H54N4O3S. The average Bonchev–Trinajstić information content (AvgIpc) is 3.45. The molecule has 8 heteroatoms. The Morgan fingerprint density at radius 1 is 1.15 bits per heavy atom. The van der Waals surface area contributed by atoms with Gasteiger partial charge >= 0.3 is 0 Å². The number of fused-ring (bicyclic) bond motifs is 2. The van der Waals surface area contributed by atoms with Crippen LogP contribution in [0.1, 0.15) is 97.1 Å². The first kappa shape index (κ1) is 33.9. The SMILES string of the molecule is CC1=C2CCC(C)(C)CC2=C(N2CCOc3ccc(C4=CC(C)CCC(=N)/C(S(=O)(=O)NCC5CCCN5)=C\4)cc3C2)C(C)C=CC1. The van der Waals surface area contributed by atoms with Gasteiger partial charge in [0.2, 0.25) is 10.0 Å². The van der Waals surface area contributed by atoms with E-state index >= 15 is 0 Å². The number of allylic oxidation sites excluding steroid dienone is 9. The van der Waals surface area contributed by atoms with Crippen molar-refractivity contribution in [1.82, 2.24) is 14.9 Å². The molecule has 3 N–H and O–H groups in total. The first-order valence-corrected chi connectivity index (χ1v) is 19.2. The topological polar surface area (TPSA) is 94.5 Å². The Morgan fingerprint density at radius 2 is 1.98 bits per heavy atom. The van der Waals surface area contributed by atoms with Crippen LogP contribution in [0.4, 0.5) is 0 Å². The van der Waals surface area contributed by atoms with Gasteiger partial charge in [-0.05, 0) is 117 Å². The molecule has 1 aromatic carbocycles. The second-order valence-electron chi connectivity index (χ2n) is 15.2. The van der Waals surface area contributed by atoms with Crippen LogP contribution in [0.15, 0.2) is 69.8 Å². The monoisotopic (exact) mass is 658 g/mol. The van der Waals surface area contributed by atoms with Gasteiger partial charge in [0.1, 0.15) is 17.3 Å². The lowest BCUT2D eigenvalue weighted by molar-refractivity contribution is 0.244. The van der Waals surface area contributed by atoms with E-state index in [0.29, 0.717) is 25.5 Å². The fourth-order valence-electron chi connectivity index (χ4n) is 8.00. The summed E-state index contributed by atoms with van der Waals surface area (Å²) in [6.45, 7) is 15.0. The van der Waals surface area contributed by atoms with E-state index in [1.807, 2.05) is 12.1 Å². The van der Waals surface area contributed by atoms with Crippen LogP contribution in [-0.2, 0) is 16.6 Å². The summed E-state index contributed by atoms with van der Waals surface area (Å²) in [6, 6.07) is 6.42. The second kappa shape index (κ2) is 13.9. The summed E-state index contributed by atoms with van der Waals surface area (Å²) in [4.78, 5) is 2.63. The van der Waals surface area contributed by atoms with Crippen molar-refractivity contribution in [2.45, 2.75) is 98.6 Å². The van der Waals surface area contributed by atoms with Gasteiger partial charge in [-0.25, -0.2) is 13.1 Å². The largest absolute Gasteiger partial charge is 0.491 e. The van der Waals surface area contributed by atoms with Crippen LogP contribution in [0, 0.1) is 22.7 Å². The lowest BCUT2D eigenvalue weighted by Gasteiger charge is -2.40. The van der Waals surface area contributed by atoms with Crippen molar-refractivity contribution < 1.29 is 13.2 Å². The molecule has 254 valence electrons. The van der Waals surface area contributed by atoms with Gasteiger partial charge < -0.3 is 20.4 Å². The van der Waals surface area contributed by atoms with Gasteiger partial charge in [0.15, 0.2) is 0 Å². The zero-order valence-corrected chi connectivity index (χ0v) is 29.9. The quantitative estimate of drug-likeness (QED) is 0.273. The molecule has 3 unspecified atom stereocenters. The van der Waals surface area contributed by atoms with Crippen LogP contribution in [0.25, 0.3) is 5.57 Å². The Morgan fingerprint density at radius 3 is 2.77 bits per heavy atom. The third kappa shape index (κ3) is 7.71. The van der Waals surface area contributed by atoms with E-state index in [0.717, 1.165) is 80.6 Å². The van der Waals surface area contributed by atoms with Gasteiger partial charge in [0.05, 0.1) is 12.3 Å². The van der Waals surface area contributed by atoms with Gasteiger partial charge in [-0.15, -0.1) is 0 Å². The normalized spacial score (nSPS) is 28.1. The number of rotatable bonds is 6. The standard InChI is InChI=1S/C39H54N4O3S/c1-26-11-13-35(40)37(47(44,45)42-24-32-10-7-17-41-32)22-30(20-26)29-12-14-36-31(21-29)25-43(18-19-46-36)38-28(3)9-6-8-27(2)33-15-16-39(4,5)23-34(33)38/h6,9,12,14,20-22,26,28,32,40-42H,7-8,10-11,13,15-19,23-25H2,1-5H3/b9-6?,30-20?,33-27?,37-22+,38-34?,40-35?. The number of hydrogen-bond donors (Lipinski definition) is 3. The molecule has 3 atom stereocenters. The predicted molar refractivity (Wildman–Crippen MR) is 193 cm³/mol. The second-order valence-corrected chi connectivity index (χ2v) is 17.0. The molecule has 2 heterocycles. The maximum absolute atomic E-state index is 13.6. The molecule has 0 spiro atoms. The van der Waals surface area contributed by atoms with Gasteiger partial charge in [-0.3, -0.25) is 0 Å². The number of benzene rings is 1. The van der Waals surface area contributed by atoms with E-state index in [-0.39, 0.29) is 28.0 Å². The number of sulfonamides is 1. The van der Waals surface area contributed by atoms with Crippen molar-refractivity contribution in [3.63, 3.8) is 0 Å². The molecule has 0 bridgehead atoms. The molecule has 2 aliphatic heterocycles. The Kier molecular flexibility index (Phi) is 10.0. The summed E-state index contributed by atoms with van der Waals surface area (Å²) in [7, 11) is -3.85. The van der Waals surface area contributed by atoms with Gasteiger partial charge in [-0.2, -0.15) is 0 Å². The smallest absolute Gasteiger partial charge is 0.242 e. The summed E-state index contributed by atoms with van der Waals surface area (Å²) in [5, 5.41) is 12.1. The summed E-state index contributed by atoms with van der Waals surface area (Å²) < 4.78 is 36.4. The molecule has 6 rings (SSSR count). The van der Waals surface area contributed by atoms with Crippen molar-refractivity contribution in [2.75, 3.05) is 26.2 Å². The van der Waals surface area contributed by atoms with E-state index in [2.05, 4.69) is 73.9 Å². The van der Waals surface area contributed by atoms with Crippen LogP contribution < -0.4 is 14.8 Å². The molecule has 5 aliphatic rings. The Hall–Kier alpha value is -2.94. The molecule has 0 radical (unpaired) electrons. The highest BCUT2D eigenvalue weighted by molar-refractivity contribution is 7.94. The first-order chi connectivity index (χ1) is 22.4. The minimum absolute atomic E-state index is 0.0816. The third-order valence-electron chi connectivity index (χ3n) is 10.8. The van der Waals surface area contributed by atoms with E-state index in [9.17, 15) is 8.42 Å². The summed E-state index contributed by atoms with van der Waals surface area (Å²) in [5.41, 5.74) is 9.36. The Labute approximate surface area is 282 Å². The zero-order chi connectivity index (χ0) is 33.3. The molecule has 1 aromatic rings. The lowest BCUT2D eigenvalue weighted by Crippen LogP contribution is -2.38. The molecular weight excluding hydrogens is 605 g/mol. The Bertz CT molecular complexity index is 1660. The maximum Gasteiger partial charge on any atom is 0.242 e. The van der Waals surface area contributed by atoms with E-state index in [4.69, 9.17) is 10.1 Å². The Balaban J connectivity index is 1.36. The van der Waals surface area contributed by atoms with Crippen LogP contribution in [-0.4, -0.2) is 51.3 Å². The number of hydrogen-bond acceptors (Lipinski definition) is 6. The highest BCUT2D eigenvalue weighted by Crippen LogP contribution is 2.47. The van der Waals surface area contributed by atoms with Crippen molar-refractivity contribution >= 4 is 21.3 Å². The minimum Gasteiger partial charge on any atom is -0.491 e. The predicted octanol–water partition coefficient (Wildman–Crippen LogP) is 7.65. The molecule has 2 fully saturated rings. The van der Waals surface area contributed by atoms with Crippen molar-refractivity contribution in [1.29, 1.82) is 5.41 Å². The van der Waals surface area contributed by atoms with Crippen molar-refractivity contribution in [2.24, 2.45) is 17.3 Å². The molecule has 7 nitrogen and oxygen atoms in total. The fraction of sp³-hybridized carbons (Fsp3) is 0.564. The molecule has 0 aromatic heterocycles. The van der Waals surface area contributed by atoms with E-state index in [1.165, 1.54) is 23.3 Å². The summed E-state index contributed by atoms with van der Waals surface area (Å²) in [6.07, 6.45) is 16.3. The molecule has 0 amide bonds. The molecule has 47 heavy (non-hydrogen) atoms. The highest BCUT2D eigenvalue weighted by Gasteiger charge is 2.34. The van der Waals surface area contributed by atoms with Gasteiger partial charge in [-0.1, -0.05) is 57.6 Å². The number of nitrogens with zero attached hydrogens (tertiary/aromatic N) is 1. The van der Waals surface area contributed by atoms with Crippen LogP contribution in [0.3, 0.4) is 0 Å². The molecule has 1 saturated carbocycles.